The molecule has 1 aliphatic carbocycles. The Morgan fingerprint density at radius 1 is 1.45 bits per heavy atom. The maximum absolute atomic E-state index is 12.1. The molecule has 1 heterocycles. The first-order valence-electron chi connectivity index (χ1n) is 6.44. The van der Waals surface area contributed by atoms with Crippen LogP contribution in [0, 0.1) is 0 Å². The lowest BCUT2D eigenvalue weighted by Gasteiger charge is -2.06. The number of nitrogens with zero attached hydrogens (tertiary/aromatic N) is 1. The molecule has 0 unspecified atom stereocenters. The Labute approximate surface area is 121 Å². The van der Waals surface area contributed by atoms with Crippen molar-refractivity contribution < 1.29 is 9.32 Å². The highest BCUT2D eigenvalue weighted by Crippen LogP contribution is 2.40. The molecule has 1 aromatic heterocycles. The van der Waals surface area contributed by atoms with Crippen LogP contribution in [0.4, 0.5) is 5.69 Å². The number of nitrogens with two attached hydrogens (primary N) is 1. The van der Waals surface area contributed by atoms with E-state index in [1.54, 1.807) is 18.2 Å². The van der Waals surface area contributed by atoms with Gasteiger partial charge in [0.2, 0.25) is 0 Å². The predicted molar refractivity (Wildman–Crippen MR) is 75.8 cm³/mol. The fraction of sp³-hybridized carbons (Fsp3) is 0.286. The van der Waals surface area contributed by atoms with E-state index < -0.39 is 0 Å². The molecule has 1 saturated carbocycles. The van der Waals surface area contributed by atoms with Gasteiger partial charge >= 0.3 is 0 Å². The molecule has 1 amide bonds. The monoisotopic (exact) mass is 291 g/mol. The number of hydrogen-bond donors (Lipinski definition) is 2. The molecule has 1 aromatic carbocycles. The largest absolute Gasteiger partial charge is 0.360 e. The summed E-state index contributed by atoms with van der Waals surface area (Å²) in [6.07, 6.45) is 2.20. The van der Waals surface area contributed by atoms with Gasteiger partial charge in [-0.15, -0.1) is 0 Å². The maximum atomic E-state index is 12.1. The summed E-state index contributed by atoms with van der Waals surface area (Å²) >= 11 is 6.09. The second-order valence-corrected chi connectivity index (χ2v) is 5.27. The molecular weight excluding hydrogens is 278 g/mol. The van der Waals surface area contributed by atoms with Crippen LogP contribution < -0.4 is 11.1 Å². The first-order chi connectivity index (χ1) is 9.67. The predicted octanol–water partition coefficient (Wildman–Crippen LogP) is 2.92. The molecule has 0 saturated heterocycles. The van der Waals surface area contributed by atoms with Gasteiger partial charge in [0.15, 0.2) is 5.69 Å². The van der Waals surface area contributed by atoms with Gasteiger partial charge in [-0.05, 0) is 30.5 Å². The van der Waals surface area contributed by atoms with E-state index >= 15 is 0 Å². The number of rotatable bonds is 4. The number of halogens is 1. The van der Waals surface area contributed by atoms with E-state index in [2.05, 4.69) is 10.5 Å². The van der Waals surface area contributed by atoms with Crippen LogP contribution in [-0.4, -0.2) is 11.1 Å². The van der Waals surface area contributed by atoms with Gasteiger partial charge in [0.1, 0.15) is 5.76 Å². The van der Waals surface area contributed by atoms with Crippen molar-refractivity contribution in [3.63, 3.8) is 0 Å². The minimum Gasteiger partial charge on any atom is -0.360 e. The zero-order valence-electron chi connectivity index (χ0n) is 10.7. The number of benzene rings is 1. The molecule has 0 spiro atoms. The molecule has 1 aliphatic rings. The van der Waals surface area contributed by atoms with Gasteiger partial charge in [-0.25, -0.2) is 0 Å². The molecule has 0 aliphatic heterocycles. The lowest BCUT2D eigenvalue weighted by molar-refractivity contribution is 0.101. The fourth-order valence-corrected chi connectivity index (χ4v) is 2.18. The third kappa shape index (κ3) is 2.69. The Kier molecular flexibility index (Phi) is 3.46. The van der Waals surface area contributed by atoms with Gasteiger partial charge in [-0.2, -0.15) is 0 Å². The molecule has 0 radical (unpaired) electrons. The molecule has 3 rings (SSSR count). The van der Waals surface area contributed by atoms with Gasteiger partial charge in [0.05, 0.1) is 10.7 Å². The standard InChI is InChI=1S/C14H14ClN3O2/c15-10-5-8(7-16)1-4-11(10)17-14(19)12-6-13(20-18-12)9-2-3-9/h1,4-6,9H,2-3,7,16H2,(H,17,19). The molecule has 6 heteroatoms. The highest BCUT2D eigenvalue weighted by Gasteiger charge is 2.28. The topological polar surface area (TPSA) is 81.1 Å². The smallest absolute Gasteiger partial charge is 0.277 e. The van der Waals surface area contributed by atoms with E-state index in [0.717, 1.165) is 24.2 Å². The van der Waals surface area contributed by atoms with E-state index in [1.165, 1.54) is 0 Å². The third-order valence-electron chi connectivity index (χ3n) is 3.26. The van der Waals surface area contributed by atoms with Gasteiger partial charge in [-0.3, -0.25) is 4.79 Å². The summed E-state index contributed by atoms with van der Waals surface area (Å²) in [5.74, 6) is 0.874. The average Bonchev–Trinajstić information content (AvgIpc) is 3.18. The van der Waals surface area contributed by atoms with Crippen molar-refractivity contribution in [2.75, 3.05) is 5.32 Å². The lowest BCUT2D eigenvalue weighted by Crippen LogP contribution is -2.12. The number of aromatic nitrogens is 1. The summed E-state index contributed by atoms with van der Waals surface area (Å²) in [4.78, 5) is 12.1. The molecule has 2 aromatic rings. The van der Waals surface area contributed by atoms with Crippen LogP contribution in [0.15, 0.2) is 28.8 Å². The minimum atomic E-state index is -0.331. The molecule has 0 atom stereocenters. The first kappa shape index (κ1) is 13.1. The summed E-state index contributed by atoms with van der Waals surface area (Å²) < 4.78 is 5.15. The zero-order valence-corrected chi connectivity index (χ0v) is 11.5. The third-order valence-corrected chi connectivity index (χ3v) is 3.57. The van der Waals surface area contributed by atoms with Crippen molar-refractivity contribution in [3.05, 3.63) is 46.3 Å². The van der Waals surface area contributed by atoms with E-state index in [-0.39, 0.29) is 11.6 Å². The molecule has 1 fully saturated rings. The van der Waals surface area contributed by atoms with Crippen LogP contribution in [-0.2, 0) is 6.54 Å². The van der Waals surface area contributed by atoms with Crippen LogP contribution in [0.25, 0.3) is 0 Å². The number of carbonyl (C=O) groups excluding carboxylic acids is 1. The van der Waals surface area contributed by atoms with Crippen molar-refractivity contribution in [1.29, 1.82) is 0 Å². The van der Waals surface area contributed by atoms with Crippen molar-refractivity contribution in [1.82, 2.24) is 5.16 Å². The van der Waals surface area contributed by atoms with Gasteiger partial charge in [-0.1, -0.05) is 22.8 Å². The zero-order chi connectivity index (χ0) is 14.1. The summed E-state index contributed by atoms with van der Waals surface area (Å²) in [5, 5.41) is 6.95. The summed E-state index contributed by atoms with van der Waals surface area (Å²) in [7, 11) is 0. The van der Waals surface area contributed by atoms with Crippen LogP contribution in [0.1, 0.15) is 40.6 Å². The SMILES string of the molecule is NCc1ccc(NC(=O)c2cc(C3CC3)on2)c(Cl)c1. The lowest BCUT2D eigenvalue weighted by atomic mass is 10.2. The van der Waals surface area contributed by atoms with Crippen LogP contribution >= 0.6 is 11.6 Å². The molecule has 20 heavy (non-hydrogen) atoms. The van der Waals surface area contributed by atoms with Crippen molar-refractivity contribution in [2.24, 2.45) is 5.73 Å². The average molecular weight is 292 g/mol. The van der Waals surface area contributed by atoms with E-state index in [9.17, 15) is 4.79 Å². The Morgan fingerprint density at radius 3 is 2.90 bits per heavy atom. The molecule has 3 N–H and O–H groups in total. The van der Waals surface area contributed by atoms with E-state index in [4.69, 9.17) is 21.9 Å². The second kappa shape index (κ2) is 5.26. The van der Waals surface area contributed by atoms with Crippen LogP contribution in [0.5, 0.6) is 0 Å². The maximum Gasteiger partial charge on any atom is 0.277 e. The minimum absolute atomic E-state index is 0.269. The molecule has 104 valence electrons. The van der Waals surface area contributed by atoms with Crippen LogP contribution in [0.3, 0.4) is 0 Å². The molecule has 5 nitrogen and oxygen atoms in total. The van der Waals surface area contributed by atoms with Gasteiger partial charge < -0.3 is 15.6 Å². The van der Waals surface area contributed by atoms with Gasteiger partial charge in [0, 0.05) is 18.5 Å². The number of hydrogen-bond acceptors (Lipinski definition) is 4. The first-order valence-corrected chi connectivity index (χ1v) is 6.81. The Morgan fingerprint density at radius 2 is 2.25 bits per heavy atom. The van der Waals surface area contributed by atoms with Crippen molar-refractivity contribution in [3.8, 4) is 0 Å². The Hall–Kier alpha value is -1.85. The number of carbonyl (C=O) groups is 1. The number of amides is 1. The van der Waals surface area contributed by atoms with E-state index in [1.807, 2.05) is 6.07 Å². The normalized spacial score (nSPS) is 14.3. The Balaban J connectivity index is 1.74. The van der Waals surface area contributed by atoms with Crippen LogP contribution in [0.2, 0.25) is 5.02 Å². The highest BCUT2D eigenvalue weighted by atomic mass is 35.5. The van der Waals surface area contributed by atoms with Crippen molar-refractivity contribution >= 4 is 23.2 Å². The number of anilines is 1. The Bertz CT molecular complexity index is 650. The molecular formula is C14H14ClN3O2. The summed E-state index contributed by atoms with van der Waals surface area (Å²) in [6, 6.07) is 6.97. The highest BCUT2D eigenvalue weighted by molar-refractivity contribution is 6.34. The summed E-state index contributed by atoms with van der Waals surface area (Å²) in [5.41, 5.74) is 7.24. The quantitative estimate of drug-likeness (QED) is 0.907. The summed E-state index contributed by atoms with van der Waals surface area (Å²) in [6.45, 7) is 0.405. The molecule has 0 bridgehead atoms. The van der Waals surface area contributed by atoms with E-state index in [0.29, 0.717) is 23.2 Å². The fourth-order valence-electron chi connectivity index (χ4n) is 1.93. The van der Waals surface area contributed by atoms with Crippen molar-refractivity contribution in [2.45, 2.75) is 25.3 Å². The second-order valence-electron chi connectivity index (χ2n) is 4.86. The number of nitrogens with one attached hydrogen (secondary N) is 1. The van der Waals surface area contributed by atoms with Gasteiger partial charge in [0.25, 0.3) is 5.91 Å².